The van der Waals surface area contributed by atoms with Gasteiger partial charge >= 0.3 is 0 Å². The molecule has 4 heterocycles. The molecule has 1 N–H and O–H groups in total. The molecule has 10 heteroatoms. The Labute approximate surface area is 190 Å². The SMILES string of the molecule is CN(C)Cc1cc(-c2cnc(NCc3c(F)ccc4c3CCO4)n3cc(C#N)nc23)n(C)n1. The van der Waals surface area contributed by atoms with Crippen molar-refractivity contribution >= 4 is 11.6 Å². The van der Waals surface area contributed by atoms with E-state index in [0.29, 0.717) is 36.7 Å². The summed E-state index contributed by atoms with van der Waals surface area (Å²) in [7, 11) is 5.84. The molecular weight excluding hydrogens is 423 g/mol. The maximum Gasteiger partial charge on any atom is 0.208 e. The van der Waals surface area contributed by atoms with Gasteiger partial charge in [0.15, 0.2) is 11.3 Å². The average Bonchev–Trinajstić information content (AvgIpc) is 3.50. The molecule has 0 aliphatic carbocycles. The van der Waals surface area contributed by atoms with E-state index < -0.39 is 0 Å². The van der Waals surface area contributed by atoms with Crippen molar-refractivity contribution in [2.24, 2.45) is 7.05 Å². The second-order valence-electron chi connectivity index (χ2n) is 8.26. The first kappa shape index (κ1) is 20.9. The van der Waals surface area contributed by atoms with Crippen LogP contribution in [0.5, 0.6) is 5.75 Å². The Morgan fingerprint density at radius 3 is 2.97 bits per heavy atom. The van der Waals surface area contributed by atoms with E-state index in [1.807, 2.05) is 32.1 Å². The Bertz CT molecular complexity index is 1400. The van der Waals surface area contributed by atoms with Crippen LogP contribution in [0.25, 0.3) is 16.9 Å². The minimum absolute atomic E-state index is 0.235. The Morgan fingerprint density at radius 2 is 2.18 bits per heavy atom. The molecule has 33 heavy (non-hydrogen) atoms. The van der Waals surface area contributed by atoms with Crippen LogP contribution in [-0.2, 0) is 26.6 Å². The van der Waals surface area contributed by atoms with Gasteiger partial charge in [0.2, 0.25) is 5.95 Å². The minimum atomic E-state index is -0.286. The third-order valence-corrected chi connectivity index (χ3v) is 5.65. The lowest BCUT2D eigenvalue weighted by atomic mass is 10.0. The fourth-order valence-electron chi connectivity index (χ4n) is 4.20. The maximum atomic E-state index is 14.6. The molecule has 0 atom stereocenters. The van der Waals surface area contributed by atoms with Crippen LogP contribution in [0.4, 0.5) is 10.3 Å². The fraction of sp³-hybridized carbons (Fsp3) is 0.304. The molecule has 9 nitrogen and oxygen atoms in total. The standard InChI is InChI=1S/C23H23FN8O/c1-30(2)12-14-8-20(31(3)29-14)18-11-27-23(32-13-15(9-25)28-22(18)32)26-10-17-16-6-7-33-21(16)5-4-19(17)24/h4-5,8,11,13H,6-7,10,12H2,1-3H3,(H,26,27). The largest absolute Gasteiger partial charge is 0.493 e. The number of fused-ring (bicyclic) bond motifs is 2. The van der Waals surface area contributed by atoms with Crippen molar-refractivity contribution in [3.8, 4) is 23.1 Å². The van der Waals surface area contributed by atoms with Gasteiger partial charge in [0, 0.05) is 43.9 Å². The first-order valence-electron chi connectivity index (χ1n) is 10.6. The van der Waals surface area contributed by atoms with Gasteiger partial charge in [0.25, 0.3) is 0 Å². The molecule has 168 valence electrons. The highest BCUT2D eigenvalue weighted by molar-refractivity contribution is 5.76. The van der Waals surface area contributed by atoms with Crippen molar-refractivity contribution in [1.82, 2.24) is 29.0 Å². The van der Waals surface area contributed by atoms with E-state index in [9.17, 15) is 9.65 Å². The minimum Gasteiger partial charge on any atom is -0.493 e. The van der Waals surface area contributed by atoms with Gasteiger partial charge in [-0.15, -0.1) is 0 Å². The lowest BCUT2D eigenvalue weighted by Crippen LogP contribution is -2.11. The molecule has 0 spiro atoms. The first-order valence-corrected chi connectivity index (χ1v) is 10.6. The number of aromatic nitrogens is 5. The normalized spacial score (nSPS) is 12.7. The zero-order valence-electron chi connectivity index (χ0n) is 18.6. The summed E-state index contributed by atoms with van der Waals surface area (Å²) in [5.41, 5.74) is 4.79. The van der Waals surface area contributed by atoms with Crippen molar-refractivity contribution in [3.63, 3.8) is 0 Å². The van der Waals surface area contributed by atoms with Crippen molar-refractivity contribution in [3.05, 3.63) is 58.9 Å². The van der Waals surface area contributed by atoms with Crippen LogP contribution < -0.4 is 10.1 Å². The van der Waals surface area contributed by atoms with Crippen molar-refractivity contribution < 1.29 is 9.13 Å². The molecule has 0 radical (unpaired) electrons. The number of benzene rings is 1. The smallest absolute Gasteiger partial charge is 0.208 e. The molecule has 1 aliphatic heterocycles. The van der Waals surface area contributed by atoms with Gasteiger partial charge in [-0.05, 0) is 32.3 Å². The fourth-order valence-corrected chi connectivity index (χ4v) is 4.20. The van der Waals surface area contributed by atoms with Crippen LogP contribution in [-0.4, -0.2) is 49.8 Å². The number of rotatable bonds is 6. The number of hydrogen-bond donors (Lipinski definition) is 1. The number of hydrogen-bond acceptors (Lipinski definition) is 7. The second kappa shape index (κ2) is 8.18. The number of ether oxygens (including phenoxy) is 1. The summed E-state index contributed by atoms with van der Waals surface area (Å²) in [6.45, 7) is 1.49. The highest BCUT2D eigenvalue weighted by atomic mass is 19.1. The molecule has 5 rings (SSSR count). The van der Waals surface area contributed by atoms with Crippen LogP contribution in [0, 0.1) is 17.1 Å². The molecule has 1 aromatic carbocycles. The Balaban J connectivity index is 1.53. The number of halogens is 1. The summed E-state index contributed by atoms with van der Waals surface area (Å²) < 4.78 is 23.6. The van der Waals surface area contributed by atoms with Gasteiger partial charge in [-0.2, -0.15) is 10.4 Å². The number of anilines is 1. The predicted octanol–water partition coefficient (Wildman–Crippen LogP) is 2.75. The topological polar surface area (TPSA) is 96.3 Å². The quantitative estimate of drug-likeness (QED) is 0.486. The molecule has 3 aromatic heterocycles. The van der Waals surface area contributed by atoms with Gasteiger partial charge in [0.05, 0.1) is 29.8 Å². The van der Waals surface area contributed by atoms with E-state index in [4.69, 9.17) is 4.74 Å². The molecule has 0 unspecified atom stereocenters. The van der Waals surface area contributed by atoms with E-state index >= 15 is 0 Å². The van der Waals surface area contributed by atoms with Gasteiger partial charge < -0.3 is 15.0 Å². The molecular formula is C23H23FN8O. The summed E-state index contributed by atoms with van der Waals surface area (Å²) in [5.74, 6) is 0.904. The lowest BCUT2D eigenvalue weighted by molar-refractivity contribution is 0.356. The van der Waals surface area contributed by atoms with Gasteiger partial charge in [-0.25, -0.2) is 14.4 Å². The van der Waals surface area contributed by atoms with Crippen molar-refractivity contribution in [1.29, 1.82) is 5.26 Å². The number of nitrogens with zero attached hydrogens (tertiary/aromatic N) is 7. The third kappa shape index (κ3) is 3.76. The van der Waals surface area contributed by atoms with E-state index in [1.165, 1.54) is 6.07 Å². The summed E-state index contributed by atoms with van der Waals surface area (Å²) in [5, 5.41) is 17.2. The molecule has 4 aromatic rings. The Morgan fingerprint density at radius 1 is 1.33 bits per heavy atom. The molecule has 0 saturated heterocycles. The molecule has 0 amide bonds. The molecule has 0 bridgehead atoms. The average molecular weight is 446 g/mol. The highest BCUT2D eigenvalue weighted by Crippen LogP contribution is 2.31. The number of nitrogens with one attached hydrogen (secondary N) is 1. The van der Waals surface area contributed by atoms with E-state index in [0.717, 1.165) is 28.3 Å². The van der Waals surface area contributed by atoms with Crippen LogP contribution in [0.2, 0.25) is 0 Å². The monoisotopic (exact) mass is 446 g/mol. The van der Waals surface area contributed by atoms with Crippen molar-refractivity contribution in [2.45, 2.75) is 19.5 Å². The van der Waals surface area contributed by atoms with Crippen molar-refractivity contribution in [2.75, 3.05) is 26.0 Å². The van der Waals surface area contributed by atoms with E-state index in [2.05, 4.69) is 26.5 Å². The summed E-state index contributed by atoms with van der Waals surface area (Å²) >= 11 is 0. The second-order valence-corrected chi connectivity index (χ2v) is 8.26. The van der Waals surface area contributed by atoms with Crippen LogP contribution in [0.3, 0.4) is 0 Å². The molecule has 1 aliphatic rings. The number of nitriles is 1. The van der Waals surface area contributed by atoms with Gasteiger partial charge in [-0.1, -0.05) is 0 Å². The predicted molar refractivity (Wildman–Crippen MR) is 120 cm³/mol. The zero-order valence-corrected chi connectivity index (χ0v) is 18.6. The van der Waals surface area contributed by atoms with E-state index in [-0.39, 0.29) is 18.1 Å². The maximum absolute atomic E-state index is 14.6. The molecule has 0 fully saturated rings. The first-order chi connectivity index (χ1) is 15.9. The Kier molecular flexibility index (Phi) is 5.18. The summed E-state index contributed by atoms with van der Waals surface area (Å²) in [6.07, 6.45) is 4.00. The number of imidazole rings is 1. The highest BCUT2D eigenvalue weighted by Gasteiger charge is 2.21. The summed E-state index contributed by atoms with van der Waals surface area (Å²) in [4.78, 5) is 11.1. The third-order valence-electron chi connectivity index (χ3n) is 5.65. The van der Waals surface area contributed by atoms with Gasteiger partial charge in [0.1, 0.15) is 17.6 Å². The van der Waals surface area contributed by atoms with Crippen LogP contribution >= 0.6 is 0 Å². The van der Waals surface area contributed by atoms with Gasteiger partial charge in [-0.3, -0.25) is 9.08 Å². The van der Waals surface area contributed by atoms with E-state index in [1.54, 1.807) is 27.5 Å². The summed E-state index contributed by atoms with van der Waals surface area (Å²) in [6, 6.07) is 7.17. The van der Waals surface area contributed by atoms with Crippen LogP contribution in [0.15, 0.2) is 30.6 Å². The Hall–Kier alpha value is -3.97. The number of aryl methyl sites for hydroxylation is 1. The zero-order chi connectivity index (χ0) is 23.1. The lowest BCUT2D eigenvalue weighted by Gasteiger charge is -2.13. The molecule has 0 saturated carbocycles. The van der Waals surface area contributed by atoms with Crippen LogP contribution in [0.1, 0.15) is 22.5 Å².